The largest absolute Gasteiger partial charge is 0.460 e. The van der Waals surface area contributed by atoms with Gasteiger partial charge in [-0.2, -0.15) is 0 Å². The predicted octanol–water partition coefficient (Wildman–Crippen LogP) is 3.05. The van der Waals surface area contributed by atoms with Crippen molar-refractivity contribution in [1.29, 1.82) is 0 Å². The van der Waals surface area contributed by atoms with Crippen molar-refractivity contribution in [3.8, 4) is 5.75 Å². The fraction of sp³-hybridized carbons (Fsp3) is 0.333. The number of rotatable bonds is 3. The molecule has 0 amide bonds. The molecular weight excluding hydrogens is 212 g/mol. The number of hydrogen-bond acceptors (Lipinski definition) is 2. The molecule has 0 saturated carbocycles. The van der Waals surface area contributed by atoms with E-state index in [9.17, 15) is 8.78 Å². The molecule has 1 aromatic carbocycles. The van der Waals surface area contributed by atoms with E-state index in [1.54, 1.807) is 30.3 Å². The van der Waals surface area contributed by atoms with Gasteiger partial charge in [-0.3, -0.25) is 0 Å². The van der Waals surface area contributed by atoms with Gasteiger partial charge in [0.05, 0.1) is 5.69 Å². The zero-order chi connectivity index (χ0) is 11.8. The molecule has 1 heterocycles. The van der Waals surface area contributed by atoms with Gasteiger partial charge < -0.3 is 9.64 Å². The van der Waals surface area contributed by atoms with Crippen LogP contribution in [0.1, 0.15) is 6.92 Å². The second-order valence-electron chi connectivity index (χ2n) is 3.82. The van der Waals surface area contributed by atoms with E-state index < -0.39 is 12.2 Å². The lowest BCUT2D eigenvalue weighted by molar-refractivity contribution is -0.0519. The Bertz CT molecular complexity index is 408. The topological polar surface area (TPSA) is 12.5 Å². The van der Waals surface area contributed by atoms with Gasteiger partial charge in [0.15, 0.2) is 0 Å². The van der Waals surface area contributed by atoms with Crippen LogP contribution in [0.5, 0.6) is 5.75 Å². The van der Waals surface area contributed by atoms with Crippen LogP contribution in [0.4, 0.5) is 14.5 Å². The van der Waals surface area contributed by atoms with Crippen LogP contribution in [0.2, 0.25) is 0 Å². The molecule has 0 bridgehead atoms. The van der Waals surface area contributed by atoms with E-state index in [1.807, 2.05) is 0 Å². The lowest BCUT2D eigenvalue weighted by atomic mass is 10.2. The van der Waals surface area contributed by atoms with Crippen LogP contribution >= 0.6 is 0 Å². The molecule has 0 N–H and O–H groups in total. The van der Waals surface area contributed by atoms with E-state index >= 15 is 0 Å². The molecule has 2 rings (SSSR count). The smallest absolute Gasteiger partial charge is 0.296 e. The third kappa shape index (κ3) is 1.45. The molecule has 1 aliphatic heterocycles. The van der Waals surface area contributed by atoms with Crippen molar-refractivity contribution in [1.82, 2.24) is 0 Å². The number of anilines is 1. The van der Waals surface area contributed by atoms with Gasteiger partial charge in [0.1, 0.15) is 5.75 Å². The summed E-state index contributed by atoms with van der Waals surface area (Å²) in [5.41, 5.74) is -0.914. The van der Waals surface area contributed by atoms with Crippen LogP contribution in [-0.2, 0) is 0 Å². The van der Waals surface area contributed by atoms with Crippen LogP contribution in [-0.4, -0.2) is 18.7 Å². The minimum Gasteiger partial charge on any atom is -0.460 e. The minimum absolute atomic E-state index is 0.331. The summed E-state index contributed by atoms with van der Waals surface area (Å²) in [7, 11) is 0. The first kappa shape index (κ1) is 10.9. The molecule has 16 heavy (non-hydrogen) atoms. The number of halogens is 2. The summed E-state index contributed by atoms with van der Waals surface area (Å²) in [4.78, 5) is 1.53. The second kappa shape index (κ2) is 3.77. The number of para-hydroxylation sites is 2. The van der Waals surface area contributed by atoms with Gasteiger partial charge in [0, 0.05) is 13.5 Å². The predicted molar refractivity (Wildman–Crippen MR) is 59.0 cm³/mol. The molecular formula is C12H13F2NO. The number of alkyl halides is 2. The first-order valence-corrected chi connectivity index (χ1v) is 5.04. The Morgan fingerprint density at radius 2 is 2.19 bits per heavy atom. The molecule has 4 heteroatoms. The van der Waals surface area contributed by atoms with Gasteiger partial charge >= 0.3 is 0 Å². The summed E-state index contributed by atoms with van der Waals surface area (Å²) in [6.07, 6.45) is -0.994. The van der Waals surface area contributed by atoms with Crippen molar-refractivity contribution < 1.29 is 13.5 Å². The fourth-order valence-corrected chi connectivity index (χ4v) is 1.85. The highest BCUT2D eigenvalue weighted by atomic mass is 19.3. The lowest BCUT2D eigenvalue weighted by Crippen LogP contribution is -2.53. The highest BCUT2D eigenvalue weighted by Crippen LogP contribution is 2.44. The van der Waals surface area contributed by atoms with Crippen molar-refractivity contribution in [3.05, 3.63) is 36.9 Å². The Morgan fingerprint density at radius 3 is 2.81 bits per heavy atom. The van der Waals surface area contributed by atoms with Gasteiger partial charge in [0.2, 0.25) is 5.72 Å². The molecule has 1 aromatic rings. The molecule has 2 nitrogen and oxygen atoms in total. The summed E-state index contributed by atoms with van der Waals surface area (Å²) in [5, 5.41) is 0. The Hall–Kier alpha value is -1.58. The van der Waals surface area contributed by atoms with E-state index in [-0.39, 0.29) is 0 Å². The quantitative estimate of drug-likeness (QED) is 0.733. The van der Waals surface area contributed by atoms with Gasteiger partial charge in [-0.15, -0.1) is 6.58 Å². The number of hydrogen-bond donors (Lipinski definition) is 0. The Morgan fingerprint density at radius 1 is 1.50 bits per heavy atom. The van der Waals surface area contributed by atoms with Crippen LogP contribution in [0, 0.1) is 0 Å². The number of fused-ring (bicyclic) bond motifs is 1. The third-order valence-electron chi connectivity index (χ3n) is 2.73. The summed E-state index contributed by atoms with van der Waals surface area (Å²) < 4.78 is 31.5. The maximum atomic E-state index is 13.1. The first-order valence-electron chi connectivity index (χ1n) is 5.04. The molecule has 0 aromatic heterocycles. The molecule has 0 saturated heterocycles. The van der Waals surface area contributed by atoms with Crippen molar-refractivity contribution in [2.75, 3.05) is 11.4 Å². The first-order chi connectivity index (χ1) is 7.59. The van der Waals surface area contributed by atoms with Crippen LogP contribution in [0.25, 0.3) is 0 Å². The van der Waals surface area contributed by atoms with Crippen LogP contribution < -0.4 is 9.64 Å². The van der Waals surface area contributed by atoms with Gasteiger partial charge in [-0.25, -0.2) is 8.78 Å². The van der Waals surface area contributed by atoms with Crippen molar-refractivity contribution in [3.63, 3.8) is 0 Å². The number of nitrogens with zero attached hydrogens (tertiary/aromatic N) is 1. The standard InChI is InChI=1S/C12H13F2NO/c1-3-8-15-9-6-4-5-7-10(9)16-12(15,2)11(13)14/h3-7,11H,1,8H2,2H3. The Kier molecular flexibility index (Phi) is 2.58. The second-order valence-corrected chi connectivity index (χ2v) is 3.82. The van der Waals surface area contributed by atoms with Crippen LogP contribution in [0.15, 0.2) is 36.9 Å². The summed E-state index contributed by atoms with van der Waals surface area (Å²) >= 11 is 0. The lowest BCUT2D eigenvalue weighted by Gasteiger charge is -2.33. The zero-order valence-corrected chi connectivity index (χ0v) is 8.99. The summed E-state index contributed by atoms with van der Waals surface area (Å²) in [6.45, 7) is 5.30. The van der Waals surface area contributed by atoms with E-state index in [0.717, 1.165) is 0 Å². The SMILES string of the molecule is C=CCN1c2ccccc2OC1(C)C(F)F. The maximum Gasteiger partial charge on any atom is 0.296 e. The molecule has 0 radical (unpaired) electrons. The molecule has 86 valence electrons. The van der Waals surface area contributed by atoms with Gasteiger partial charge in [-0.1, -0.05) is 18.2 Å². The molecule has 1 atom stereocenters. The van der Waals surface area contributed by atoms with E-state index in [0.29, 0.717) is 18.0 Å². The Labute approximate surface area is 93.1 Å². The van der Waals surface area contributed by atoms with Crippen molar-refractivity contribution in [2.45, 2.75) is 19.1 Å². The minimum atomic E-state index is -2.58. The van der Waals surface area contributed by atoms with Gasteiger partial charge in [0.25, 0.3) is 6.43 Å². The molecule has 0 aliphatic carbocycles. The normalized spacial score (nSPS) is 23.1. The highest BCUT2D eigenvalue weighted by molar-refractivity contribution is 5.64. The molecule has 1 aliphatic rings. The van der Waals surface area contributed by atoms with E-state index in [1.165, 1.54) is 11.8 Å². The molecule has 0 spiro atoms. The molecule has 0 fully saturated rings. The summed E-state index contributed by atoms with van der Waals surface area (Å²) in [5.74, 6) is 0.493. The van der Waals surface area contributed by atoms with Crippen molar-refractivity contribution >= 4 is 5.69 Å². The monoisotopic (exact) mass is 225 g/mol. The van der Waals surface area contributed by atoms with Crippen molar-refractivity contribution in [2.24, 2.45) is 0 Å². The Balaban J connectivity index is 2.44. The van der Waals surface area contributed by atoms with E-state index in [4.69, 9.17) is 4.74 Å². The maximum absolute atomic E-state index is 13.1. The van der Waals surface area contributed by atoms with E-state index in [2.05, 4.69) is 6.58 Å². The molecule has 1 unspecified atom stereocenters. The average Bonchev–Trinajstić information content (AvgIpc) is 2.54. The van der Waals surface area contributed by atoms with Crippen LogP contribution in [0.3, 0.4) is 0 Å². The summed E-state index contributed by atoms with van der Waals surface area (Å²) in [6, 6.07) is 7.03. The zero-order valence-electron chi connectivity index (χ0n) is 8.99. The number of ether oxygens (including phenoxy) is 1. The average molecular weight is 225 g/mol. The fourth-order valence-electron chi connectivity index (χ4n) is 1.85. The highest BCUT2D eigenvalue weighted by Gasteiger charge is 2.48. The van der Waals surface area contributed by atoms with Gasteiger partial charge in [-0.05, 0) is 12.1 Å². The third-order valence-corrected chi connectivity index (χ3v) is 2.73. The number of benzene rings is 1.